The molecule has 0 radical (unpaired) electrons. The Labute approximate surface area is 86.5 Å². The number of carbonyl (C=O) groups excluding carboxylic acids is 1. The van der Waals surface area contributed by atoms with Gasteiger partial charge in [-0.05, 0) is 5.56 Å². The molecular weight excluding hydrogens is 196 g/mol. The maximum atomic E-state index is 11.1. The van der Waals surface area contributed by atoms with Crippen molar-refractivity contribution < 1.29 is 19.4 Å². The highest BCUT2D eigenvalue weighted by atomic mass is 16.5. The van der Waals surface area contributed by atoms with Gasteiger partial charge in [0.15, 0.2) is 0 Å². The number of Topliss-reactive ketones (excluding diaryl/α,β-unsaturated/α-hetero) is 1. The van der Waals surface area contributed by atoms with Crippen molar-refractivity contribution in [3.05, 3.63) is 35.4 Å². The van der Waals surface area contributed by atoms with Crippen LogP contribution in [0.5, 0.6) is 0 Å². The van der Waals surface area contributed by atoms with Gasteiger partial charge < -0.3 is 9.84 Å². The van der Waals surface area contributed by atoms with Crippen molar-refractivity contribution >= 4 is 11.8 Å². The fourth-order valence-electron chi connectivity index (χ4n) is 1.46. The van der Waals surface area contributed by atoms with Crippen LogP contribution in [0.4, 0.5) is 0 Å². The van der Waals surface area contributed by atoms with Crippen molar-refractivity contribution in [1.29, 1.82) is 0 Å². The van der Waals surface area contributed by atoms with Crippen molar-refractivity contribution in [3.8, 4) is 0 Å². The molecule has 2 rings (SSSR count). The van der Waals surface area contributed by atoms with Crippen LogP contribution >= 0.6 is 0 Å². The molecule has 15 heavy (non-hydrogen) atoms. The molecule has 1 heterocycles. The summed E-state index contributed by atoms with van der Waals surface area (Å²) >= 11 is 0. The largest absolute Gasteiger partial charge is 0.475 e. The molecule has 1 aromatic rings. The van der Waals surface area contributed by atoms with Gasteiger partial charge in [0.25, 0.3) is 5.78 Å². The van der Waals surface area contributed by atoms with Gasteiger partial charge in [-0.15, -0.1) is 0 Å². The quantitative estimate of drug-likeness (QED) is 0.593. The van der Waals surface area contributed by atoms with Crippen molar-refractivity contribution in [2.24, 2.45) is 0 Å². The van der Waals surface area contributed by atoms with E-state index in [4.69, 9.17) is 9.84 Å². The molecule has 0 atom stereocenters. The molecule has 1 aliphatic heterocycles. The third kappa shape index (κ3) is 1.89. The Hall–Kier alpha value is -1.68. The minimum atomic E-state index is -1.42. The lowest BCUT2D eigenvalue weighted by molar-refractivity contribution is -0.131. The second kappa shape index (κ2) is 3.82. The smallest absolute Gasteiger partial charge is 0.377 e. The predicted octanol–water partition coefficient (Wildman–Crippen LogP) is 1.07. The number of hydrogen-bond acceptors (Lipinski definition) is 3. The Morgan fingerprint density at radius 2 is 1.80 bits per heavy atom. The Kier molecular flexibility index (Phi) is 2.51. The molecular formula is C11H10O4. The van der Waals surface area contributed by atoms with Gasteiger partial charge in [0.05, 0.1) is 13.2 Å². The first kappa shape index (κ1) is 9.86. The standard InChI is InChI=1S/C11H10O4/c12-10(11(13)14)8-3-1-7(2-4-8)9-5-15-6-9/h1-4,9H,5-6H2,(H,13,14). The molecule has 0 spiro atoms. The zero-order chi connectivity index (χ0) is 10.8. The van der Waals surface area contributed by atoms with E-state index in [-0.39, 0.29) is 5.56 Å². The van der Waals surface area contributed by atoms with Crippen molar-refractivity contribution in [3.63, 3.8) is 0 Å². The highest BCUT2D eigenvalue weighted by molar-refractivity contribution is 6.39. The summed E-state index contributed by atoms with van der Waals surface area (Å²) in [6.07, 6.45) is 0. The fraction of sp³-hybridized carbons (Fsp3) is 0.273. The van der Waals surface area contributed by atoms with Crippen LogP contribution in [-0.2, 0) is 9.53 Å². The molecule has 0 amide bonds. The first-order valence-electron chi connectivity index (χ1n) is 4.64. The molecule has 1 fully saturated rings. The summed E-state index contributed by atoms with van der Waals surface area (Å²) in [7, 11) is 0. The summed E-state index contributed by atoms with van der Waals surface area (Å²) in [6.45, 7) is 1.40. The van der Waals surface area contributed by atoms with Crippen LogP contribution in [0, 0.1) is 0 Å². The Balaban J connectivity index is 2.16. The second-order valence-electron chi connectivity index (χ2n) is 3.49. The molecule has 4 nitrogen and oxygen atoms in total. The number of ether oxygens (including phenoxy) is 1. The molecule has 4 heteroatoms. The Morgan fingerprint density at radius 1 is 1.20 bits per heavy atom. The maximum Gasteiger partial charge on any atom is 0.377 e. The molecule has 0 aromatic heterocycles. The van der Waals surface area contributed by atoms with Gasteiger partial charge in [-0.3, -0.25) is 4.79 Å². The lowest BCUT2D eigenvalue weighted by Crippen LogP contribution is -2.25. The average molecular weight is 206 g/mol. The zero-order valence-electron chi connectivity index (χ0n) is 7.97. The second-order valence-corrected chi connectivity index (χ2v) is 3.49. The highest BCUT2D eigenvalue weighted by Gasteiger charge is 2.21. The minimum Gasteiger partial charge on any atom is -0.475 e. The first-order chi connectivity index (χ1) is 7.18. The average Bonchev–Trinajstić information content (AvgIpc) is 2.15. The molecule has 0 saturated carbocycles. The third-order valence-corrected chi connectivity index (χ3v) is 2.48. The SMILES string of the molecule is O=C(O)C(=O)c1ccc(C2COC2)cc1. The van der Waals surface area contributed by atoms with E-state index < -0.39 is 11.8 Å². The maximum absolute atomic E-state index is 11.1. The molecule has 1 aliphatic rings. The van der Waals surface area contributed by atoms with Gasteiger partial charge >= 0.3 is 5.97 Å². The van der Waals surface area contributed by atoms with E-state index in [1.807, 2.05) is 0 Å². The summed E-state index contributed by atoms with van der Waals surface area (Å²) in [5.74, 6) is -1.90. The lowest BCUT2D eigenvalue weighted by atomic mass is 9.96. The molecule has 1 aromatic carbocycles. The number of carboxylic acids is 1. The van der Waals surface area contributed by atoms with Gasteiger partial charge in [0.2, 0.25) is 0 Å². The van der Waals surface area contributed by atoms with Crippen LogP contribution in [0.1, 0.15) is 21.8 Å². The van der Waals surface area contributed by atoms with E-state index in [1.165, 1.54) is 0 Å². The van der Waals surface area contributed by atoms with E-state index in [0.29, 0.717) is 19.1 Å². The molecule has 0 bridgehead atoms. The molecule has 1 N–H and O–H groups in total. The molecule has 1 saturated heterocycles. The summed E-state index contributed by atoms with van der Waals surface area (Å²) in [6, 6.07) is 6.65. The lowest BCUT2D eigenvalue weighted by Gasteiger charge is -2.26. The number of carbonyl (C=O) groups is 2. The van der Waals surface area contributed by atoms with Crippen molar-refractivity contribution in [1.82, 2.24) is 0 Å². The van der Waals surface area contributed by atoms with E-state index >= 15 is 0 Å². The van der Waals surface area contributed by atoms with Gasteiger partial charge in [-0.25, -0.2) is 4.79 Å². The topological polar surface area (TPSA) is 63.6 Å². The minimum absolute atomic E-state index is 0.214. The normalized spacial score (nSPS) is 15.7. The number of benzene rings is 1. The van der Waals surface area contributed by atoms with E-state index in [1.54, 1.807) is 24.3 Å². The molecule has 78 valence electrons. The number of carboxylic acid groups (broad SMARTS) is 1. The van der Waals surface area contributed by atoms with Crippen LogP contribution in [0.3, 0.4) is 0 Å². The van der Waals surface area contributed by atoms with Gasteiger partial charge in [-0.2, -0.15) is 0 Å². The summed E-state index contributed by atoms with van der Waals surface area (Å²) in [5.41, 5.74) is 1.30. The van der Waals surface area contributed by atoms with Gasteiger partial charge in [0.1, 0.15) is 0 Å². The van der Waals surface area contributed by atoms with Crippen LogP contribution in [0.15, 0.2) is 24.3 Å². The zero-order valence-corrected chi connectivity index (χ0v) is 7.97. The van der Waals surface area contributed by atoms with Crippen molar-refractivity contribution in [2.75, 3.05) is 13.2 Å². The van der Waals surface area contributed by atoms with Crippen LogP contribution in [-0.4, -0.2) is 30.1 Å². The van der Waals surface area contributed by atoms with Gasteiger partial charge in [0, 0.05) is 11.5 Å². The summed E-state index contributed by atoms with van der Waals surface area (Å²) < 4.78 is 5.04. The predicted molar refractivity (Wildman–Crippen MR) is 52.0 cm³/mol. The Morgan fingerprint density at radius 3 is 2.20 bits per heavy atom. The number of aliphatic carboxylic acids is 1. The number of rotatable bonds is 3. The third-order valence-electron chi connectivity index (χ3n) is 2.48. The first-order valence-corrected chi connectivity index (χ1v) is 4.64. The number of ketones is 1. The number of hydrogen-bond donors (Lipinski definition) is 1. The Bertz CT molecular complexity index is 390. The van der Waals surface area contributed by atoms with Crippen LogP contribution < -0.4 is 0 Å². The summed E-state index contributed by atoms with van der Waals surface area (Å²) in [5, 5.41) is 8.50. The highest BCUT2D eigenvalue weighted by Crippen LogP contribution is 2.23. The van der Waals surface area contributed by atoms with Crippen molar-refractivity contribution in [2.45, 2.75) is 5.92 Å². The van der Waals surface area contributed by atoms with Crippen LogP contribution in [0.25, 0.3) is 0 Å². The van der Waals surface area contributed by atoms with E-state index in [2.05, 4.69) is 0 Å². The van der Waals surface area contributed by atoms with E-state index in [0.717, 1.165) is 5.56 Å². The molecule has 0 aliphatic carbocycles. The monoisotopic (exact) mass is 206 g/mol. The van der Waals surface area contributed by atoms with Crippen LogP contribution in [0.2, 0.25) is 0 Å². The summed E-state index contributed by atoms with van der Waals surface area (Å²) in [4.78, 5) is 21.5. The van der Waals surface area contributed by atoms with E-state index in [9.17, 15) is 9.59 Å². The van der Waals surface area contributed by atoms with Gasteiger partial charge in [-0.1, -0.05) is 24.3 Å². The molecule has 0 unspecified atom stereocenters. The fourth-order valence-corrected chi connectivity index (χ4v) is 1.46.